The molecule has 1 amide bonds. The summed E-state index contributed by atoms with van der Waals surface area (Å²) in [6.45, 7) is 2.00. The summed E-state index contributed by atoms with van der Waals surface area (Å²) in [6.07, 6.45) is 0.270. The van der Waals surface area contributed by atoms with Crippen molar-refractivity contribution >= 4 is 32.7 Å². The number of hydrogen-bond donors (Lipinski definition) is 0. The molecule has 2 heterocycles. The Kier molecular flexibility index (Phi) is 4.03. The van der Waals surface area contributed by atoms with Crippen LogP contribution in [-0.4, -0.2) is 54.2 Å². The highest BCUT2D eigenvalue weighted by molar-refractivity contribution is 8.15. The minimum absolute atomic E-state index is 0.000856. The molecular weight excluding hydrogens is 320 g/mol. The van der Waals surface area contributed by atoms with Gasteiger partial charge in [0, 0.05) is 12.3 Å². The normalized spacial score (nSPS) is 28.1. The quantitative estimate of drug-likeness (QED) is 0.812. The molecule has 2 fully saturated rings. The van der Waals surface area contributed by atoms with Gasteiger partial charge in [0.2, 0.25) is 0 Å². The van der Waals surface area contributed by atoms with Crippen molar-refractivity contribution in [3.05, 3.63) is 35.4 Å². The Morgan fingerprint density at radius 1 is 1.32 bits per heavy atom. The van der Waals surface area contributed by atoms with E-state index in [1.165, 1.54) is 11.8 Å². The van der Waals surface area contributed by atoms with E-state index in [2.05, 4.69) is 4.99 Å². The third-order valence-corrected chi connectivity index (χ3v) is 7.33. The van der Waals surface area contributed by atoms with Crippen molar-refractivity contribution < 1.29 is 13.2 Å². The molecule has 0 unspecified atom stereocenters. The van der Waals surface area contributed by atoms with Crippen LogP contribution in [0.1, 0.15) is 11.1 Å². The first-order valence-corrected chi connectivity index (χ1v) is 9.81. The predicted molar refractivity (Wildman–Crippen MR) is 88.9 cm³/mol. The van der Waals surface area contributed by atoms with E-state index in [0.717, 1.165) is 11.1 Å². The standard InChI is InChI=1S/C15H18N2O3S2/c1-10-3-5-11(6-4-10)7-14(18)16-15-17(2)12-8-22(19,20)9-13(12)21-15/h3-6,12-13H,7-9H2,1-2H3/t12-,13+/m1/s1. The Morgan fingerprint density at radius 3 is 2.64 bits per heavy atom. The molecule has 118 valence electrons. The van der Waals surface area contributed by atoms with Crippen molar-refractivity contribution in [3.8, 4) is 0 Å². The number of sulfone groups is 1. The molecule has 22 heavy (non-hydrogen) atoms. The molecule has 1 aromatic carbocycles. The minimum atomic E-state index is -2.95. The maximum Gasteiger partial charge on any atom is 0.252 e. The summed E-state index contributed by atoms with van der Waals surface area (Å²) in [5.74, 6) is 0.144. The number of carbonyl (C=O) groups is 1. The lowest BCUT2D eigenvalue weighted by molar-refractivity contribution is -0.117. The van der Waals surface area contributed by atoms with Gasteiger partial charge >= 0.3 is 0 Å². The lowest BCUT2D eigenvalue weighted by atomic mass is 10.1. The number of amidine groups is 1. The fourth-order valence-electron chi connectivity index (χ4n) is 2.76. The highest BCUT2D eigenvalue weighted by Crippen LogP contribution is 2.36. The number of amides is 1. The molecule has 0 aliphatic carbocycles. The number of thioether (sulfide) groups is 1. The van der Waals surface area contributed by atoms with Crippen LogP contribution in [0.2, 0.25) is 0 Å². The molecule has 2 atom stereocenters. The van der Waals surface area contributed by atoms with E-state index < -0.39 is 9.84 Å². The number of nitrogens with zero attached hydrogens (tertiary/aromatic N) is 2. The SMILES string of the molecule is Cc1ccc(CC(=O)N=C2S[C@H]3CS(=O)(=O)C[C@H]3N2C)cc1. The third-order valence-electron chi connectivity index (χ3n) is 4.02. The van der Waals surface area contributed by atoms with Crippen LogP contribution in [0.3, 0.4) is 0 Å². The van der Waals surface area contributed by atoms with Crippen molar-refractivity contribution in [2.75, 3.05) is 18.6 Å². The number of hydrogen-bond acceptors (Lipinski definition) is 4. The summed E-state index contributed by atoms with van der Waals surface area (Å²) in [6, 6.07) is 7.75. The van der Waals surface area contributed by atoms with Crippen LogP contribution in [0.15, 0.2) is 29.3 Å². The molecular formula is C15H18N2O3S2. The molecule has 0 spiro atoms. The second kappa shape index (κ2) is 5.70. The van der Waals surface area contributed by atoms with E-state index in [4.69, 9.17) is 0 Å². The van der Waals surface area contributed by atoms with Crippen LogP contribution in [0.4, 0.5) is 0 Å². The number of rotatable bonds is 2. The Balaban J connectivity index is 1.68. The van der Waals surface area contributed by atoms with Crippen molar-refractivity contribution in [1.29, 1.82) is 0 Å². The zero-order chi connectivity index (χ0) is 15.9. The van der Waals surface area contributed by atoms with Crippen LogP contribution in [-0.2, 0) is 21.1 Å². The minimum Gasteiger partial charge on any atom is -0.349 e. The van der Waals surface area contributed by atoms with Crippen molar-refractivity contribution in [3.63, 3.8) is 0 Å². The van der Waals surface area contributed by atoms with Gasteiger partial charge in [-0.1, -0.05) is 41.6 Å². The molecule has 7 heteroatoms. The summed E-state index contributed by atoms with van der Waals surface area (Å²) in [5.41, 5.74) is 2.09. The van der Waals surface area contributed by atoms with E-state index in [1.807, 2.05) is 43.1 Å². The van der Waals surface area contributed by atoms with Crippen LogP contribution in [0.5, 0.6) is 0 Å². The van der Waals surface area contributed by atoms with E-state index >= 15 is 0 Å². The number of aliphatic imine (C=N–C) groups is 1. The molecule has 0 aromatic heterocycles. The number of fused-ring (bicyclic) bond motifs is 1. The number of carbonyl (C=O) groups excluding carboxylic acids is 1. The topological polar surface area (TPSA) is 66.8 Å². The molecule has 2 aliphatic rings. The fraction of sp³-hybridized carbons (Fsp3) is 0.467. The maximum atomic E-state index is 12.1. The third kappa shape index (κ3) is 3.20. The van der Waals surface area contributed by atoms with Crippen molar-refractivity contribution in [2.45, 2.75) is 24.6 Å². The Labute approximate surface area is 134 Å². The summed E-state index contributed by atoms with van der Waals surface area (Å²) in [5, 5.41) is 0.642. The summed E-state index contributed by atoms with van der Waals surface area (Å²) < 4.78 is 23.3. The van der Waals surface area contributed by atoms with Gasteiger partial charge in [0.1, 0.15) is 0 Å². The van der Waals surface area contributed by atoms with Gasteiger partial charge in [-0.3, -0.25) is 4.79 Å². The number of aryl methyl sites for hydroxylation is 1. The molecule has 0 bridgehead atoms. The first-order chi connectivity index (χ1) is 10.3. The van der Waals surface area contributed by atoms with Gasteiger partial charge in [-0.15, -0.1) is 0 Å². The second-order valence-electron chi connectivity index (χ2n) is 5.86. The first kappa shape index (κ1) is 15.6. The molecule has 2 aliphatic heterocycles. The van der Waals surface area contributed by atoms with E-state index in [1.54, 1.807) is 0 Å². The molecule has 2 saturated heterocycles. The van der Waals surface area contributed by atoms with Gasteiger partial charge in [0.15, 0.2) is 15.0 Å². The molecule has 0 N–H and O–H groups in total. The molecule has 0 radical (unpaired) electrons. The predicted octanol–water partition coefficient (Wildman–Crippen LogP) is 1.26. The van der Waals surface area contributed by atoms with Gasteiger partial charge in [-0.2, -0.15) is 4.99 Å². The zero-order valence-corrected chi connectivity index (χ0v) is 14.2. The largest absolute Gasteiger partial charge is 0.349 e. The van der Waals surface area contributed by atoms with Gasteiger partial charge < -0.3 is 4.90 Å². The molecule has 5 nitrogen and oxygen atoms in total. The Morgan fingerprint density at radius 2 is 2.00 bits per heavy atom. The fourth-order valence-corrected chi connectivity index (χ4v) is 6.78. The zero-order valence-electron chi connectivity index (χ0n) is 12.5. The van der Waals surface area contributed by atoms with E-state index in [9.17, 15) is 13.2 Å². The molecule has 0 saturated carbocycles. The van der Waals surface area contributed by atoms with Crippen LogP contribution >= 0.6 is 11.8 Å². The smallest absolute Gasteiger partial charge is 0.252 e. The van der Waals surface area contributed by atoms with Crippen molar-refractivity contribution in [1.82, 2.24) is 4.90 Å². The lowest BCUT2D eigenvalue weighted by Gasteiger charge is -2.17. The summed E-state index contributed by atoms with van der Waals surface area (Å²) in [7, 11) is -1.13. The van der Waals surface area contributed by atoms with Gasteiger partial charge in [0.25, 0.3) is 5.91 Å². The monoisotopic (exact) mass is 338 g/mol. The van der Waals surface area contributed by atoms with E-state index in [0.29, 0.717) is 5.17 Å². The van der Waals surface area contributed by atoms with Crippen LogP contribution in [0.25, 0.3) is 0 Å². The second-order valence-corrected chi connectivity index (χ2v) is 9.22. The average molecular weight is 338 g/mol. The number of benzene rings is 1. The van der Waals surface area contributed by atoms with Gasteiger partial charge in [-0.25, -0.2) is 8.42 Å². The molecule has 1 aromatic rings. The maximum absolute atomic E-state index is 12.1. The van der Waals surface area contributed by atoms with E-state index in [-0.39, 0.29) is 35.1 Å². The highest BCUT2D eigenvalue weighted by atomic mass is 32.2. The lowest BCUT2D eigenvalue weighted by Crippen LogP contribution is -2.34. The Bertz CT molecular complexity index is 726. The van der Waals surface area contributed by atoms with Gasteiger partial charge in [-0.05, 0) is 12.5 Å². The summed E-state index contributed by atoms with van der Waals surface area (Å²) >= 11 is 1.41. The highest BCUT2D eigenvalue weighted by Gasteiger charge is 2.47. The average Bonchev–Trinajstić information content (AvgIpc) is 2.87. The first-order valence-electron chi connectivity index (χ1n) is 7.11. The van der Waals surface area contributed by atoms with Crippen LogP contribution in [0, 0.1) is 6.92 Å². The molecule has 3 rings (SSSR count). The van der Waals surface area contributed by atoms with Gasteiger partial charge in [0.05, 0.1) is 24.0 Å². The Hall–Kier alpha value is -1.34. The van der Waals surface area contributed by atoms with Crippen LogP contribution < -0.4 is 0 Å². The van der Waals surface area contributed by atoms with Crippen molar-refractivity contribution in [2.24, 2.45) is 4.99 Å². The summed E-state index contributed by atoms with van der Waals surface area (Å²) in [4.78, 5) is 18.1.